The zero-order chi connectivity index (χ0) is 19.1. The van der Waals surface area contributed by atoms with Gasteiger partial charge in [0.1, 0.15) is 5.69 Å². The number of para-hydroxylation sites is 2. The van der Waals surface area contributed by atoms with Gasteiger partial charge in [0.25, 0.3) is 0 Å². The van der Waals surface area contributed by atoms with Crippen molar-refractivity contribution in [3.05, 3.63) is 60.6 Å². The third kappa shape index (κ3) is 2.91. The highest BCUT2D eigenvalue weighted by molar-refractivity contribution is 5.94. The maximum Gasteiger partial charge on any atom is 0.159 e. The second-order valence-electron chi connectivity index (χ2n) is 7.11. The largest absolute Gasteiger partial charge is 0.337 e. The average Bonchev–Trinajstić information content (AvgIpc) is 3.30. The van der Waals surface area contributed by atoms with E-state index < -0.39 is 0 Å². The Labute approximate surface area is 161 Å². The van der Waals surface area contributed by atoms with Crippen molar-refractivity contribution >= 4 is 21.9 Å². The molecule has 2 N–H and O–H groups in total. The molecular weight excluding hydrogens is 350 g/mol. The van der Waals surface area contributed by atoms with Crippen molar-refractivity contribution in [3.63, 3.8) is 0 Å². The average molecular weight is 369 g/mol. The molecule has 0 saturated carbocycles. The van der Waals surface area contributed by atoms with Crippen LogP contribution in [-0.4, -0.2) is 49.1 Å². The van der Waals surface area contributed by atoms with Crippen LogP contribution in [0.1, 0.15) is 5.56 Å². The van der Waals surface area contributed by atoms with Crippen molar-refractivity contribution in [2.75, 3.05) is 14.1 Å². The Morgan fingerprint density at radius 2 is 1.89 bits per heavy atom. The van der Waals surface area contributed by atoms with Crippen molar-refractivity contribution in [1.82, 2.24) is 35.0 Å². The maximum atomic E-state index is 4.68. The van der Waals surface area contributed by atoms with Gasteiger partial charge in [-0.05, 0) is 43.9 Å². The zero-order valence-corrected chi connectivity index (χ0v) is 15.6. The number of fused-ring (bicyclic) bond motifs is 2. The molecule has 28 heavy (non-hydrogen) atoms. The molecule has 0 aliphatic rings. The Kier molecular flexibility index (Phi) is 3.87. The van der Waals surface area contributed by atoms with E-state index in [1.54, 1.807) is 0 Å². The molecule has 7 nitrogen and oxygen atoms in total. The second kappa shape index (κ2) is 6.54. The van der Waals surface area contributed by atoms with Crippen molar-refractivity contribution in [3.8, 4) is 22.8 Å². The van der Waals surface area contributed by atoms with Crippen molar-refractivity contribution in [1.29, 1.82) is 0 Å². The summed E-state index contributed by atoms with van der Waals surface area (Å²) in [6.45, 7) is 0.832. The standard InChI is InChI=1S/C21H19N7/c1-28(2)12-13-7-14(10-22-9-13)18-8-15-19(11-23-18)26-27-20(15)21-24-16-5-3-4-6-17(16)25-21/h3-11H,12H2,1-2H3,(H,24,25)(H,26,27). The first-order chi connectivity index (χ1) is 13.7. The molecule has 5 rings (SSSR count). The molecule has 0 saturated heterocycles. The van der Waals surface area contributed by atoms with Crippen LogP contribution in [0.15, 0.2) is 55.0 Å². The van der Waals surface area contributed by atoms with Crippen LogP contribution in [0.5, 0.6) is 0 Å². The SMILES string of the molecule is CN(C)Cc1cncc(-c2cc3c(-c4nc5ccccc5[nH]4)n[nH]c3cn2)c1. The van der Waals surface area contributed by atoms with E-state index in [-0.39, 0.29) is 0 Å². The normalized spacial score (nSPS) is 11.7. The predicted octanol–water partition coefficient (Wildman–Crippen LogP) is 3.62. The summed E-state index contributed by atoms with van der Waals surface area (Å²) in [4.78, 5) is 19.1. The van der Waals surface area contributed by atoms with Crippen LogP contribution < -0.4 is 0 Å². The summed E-state index contributed by atoms with van der Waals surface area (Å²) >= 11 is 0. The molecular formula is C21H19N7. The van der Waals surface area contributed by atoms with Crippen LogP contribution in [-0.2, 0) is 6.54 Å². The minimum Gasteiger partial charge on any atom is -0.337 e. The number of pyridine rings is 2. The smallest absolute Gasteiger partial charge is 0.159 e. The van der Waals surface area contributed by atoms with Gasteiger partial charge in [0.05, 0.1) is 28.4 Å². The lowest BCUT2D eigenvalue weighted by Gasteiger charge is -2.10. The lowest BCUT2D eigenvalue weighted by Crippen LogP contribution is -2.10. The highest BCUT2D eigenvalue weighted by Crippen LogP contribution is 2.29. The number of H-pyrrole nitrogens is 2. The van der Waals surface area contributed by atoms with E-state index >= 15 is 0 Å². The molecule has 5 aromatic rings. The molecule has 4 aromatic heterocycles. The maximum absolute atomic E-state index is 4.68. The summed E-state index contributed by atoms with van der Waals surface area (Å²) in [5.74, 6) is 0.740. The first-order valence-corrected chi connectivity index (χ1v) is 9.05. The van der Waals surface area contributed by atoms with E-state index in [4.69, 9.17) is 0 Å². The molecule has 0 atom stereocenters. The fourth-order valence-corrected chi connectivity index (χ4v) is 3.40. The van der Waals surface area contributed by atoms with E-state index in [1.165, 1.54) is 0 Å². The predicted molar refractivity (Wildman–Crippen MR) is 110 cm³/mol. The van der Waals surface area contributed by atoms with Gasteiger partial charge in [-0.15, -0.1) is 0 Å². The summed E-state index contributed by atoms with van der Waals surface area (Å²) < 4.78 is 0. The van der Waals surface area contributed by atoms with E-state index in [0.29, 0.717) is 0 Å². The Balaban J connectivity index is 1.60. The molecule has 0 amide bonds. The quantitative estimate of drug-likeness (QED) is 0.505. The van der Waals surface area contributed by atoms with Gasteiger partial charge < -0.3 is 9.88 Å². The Morgan fingerprint density at radius 1 is 1.00 bits per heavy atom. The first-order valence-electron chi connectivity index (χ1n) is 9.05. The van der Waals surface area contributed by atoms with Gasteiger partial charge in [0, 0.05) is 29.9 Å². The molecule has 0 unspecified atom stereocenters. The van der Waals surface area contributed by atoms with Gasteiger partial charge in [0.15, 0.2) is 5.82 Å². The number of imidazole rings is 1. The summed E-state index contributed by atoms with van der Waals surface area (Å²) in [5, 5.41) is 8.50. The molecule has 0 radical (unpaired) electrons. The molecule has 1 aromatic carbocycles. The highest BCUT2D eigenvalue weighted by atomic mass is 15.1. The van der Waals surface area contributed by atoms with E-state index in [1.807, 2.05) is 63.0 Å². The number of nitrogens with one attached hydrogen (secondary N) is 2. The monoisotopic (exact) mass is 369 g/mol. The molecule has 0 fully saturated rings. The third-order valence-electron chi connectivity index (χ3n) is 4.65. The second-order valence-corrected chi connectivity index (χ2v) is 7.11. The fraction of sp³-hybridized carbons (Fsp3) is 0.143. The third-order valence-corrected chi connectivity index (χ3v) is 4.65. The minimum absolute atomic E-state index is 0.740. The van der Waals surface area contributed by atoms with E-state index in [2.05, 4.69) is 41.1 Å². The highest BCUT2D eigenvalue weighted by Gasteiger charge is 2.14. The van der Waals surface area contributed by atoms with E-state index in [0.717, 1.165) is 56.8 Å². The van der Waals surface area contributed by atoms with E-state index in [9.17, 15) is 0 Å². The molecule has 0 aliphatic carbocycles. The number of nitrogens with zero attached hydrogens (tertiary/aromatic N) is 5. The minimum atomic E-state index is 0.740. The van der Waals surface area contributed by atoms with Gasteiger partial charge in [-0.2, -0.15) is 5.10 Å². The van der Waals surface area contributed by atoms with Crippen LogP contribution >= 0.6 is 0 Å². The summed E-state index contributed by atoms with van der Waals surface area (Å²) in [7, 11) is 4.09. The zero-order valence-electron chi connectivity index (χ0n) is 15.6. The van der Waals surface area contributed by atoms with Crippen molar-refractivity contribution in [2.24, 2.45) is 0 Å². The topological polar surface area (TPSA) is 86.4 Å². The summed E-state index contributed by atoms with van der Waals surface area (Å²) in [6, 6.07) is 12.1. The number of rotatable bonds is 4. The number of aromatic nitrogens is 6. The number of hydrogen-bond donors (Lipinski definition) is 2. The molecule has 0 spiro atoms. The molecule has 7 heteroatoms. The summed E-state index contributed by atoms with van der Waals surface area (Å²) in [6.07, 6.45) is 5.54. The van der Waals surface area contributed by atoms with Gasteiger partial charge >= 0.3 is 0 Å². The first kappa shape index (κ1) is 16.6. The number of benzene rings is 1. The van der Waals surface area contributed by atoms with Gasteiger partial charge in [-0.3, -0.25) is 15.1 Å². The van der Waals surface area contributed by atoms with Crippen LogP contribution in [0, 0.1) is 0 Å². The van der Waals surface area contributed by atoms with Crippen molar-refractivity contribution in [2.45, 2.75) is 6.54 Å². The van der Waals surface area contributed by atoms with Crippen LogP contribution in [0.3, 0.4) is 0 Å². The van der Waals surface area contributed by atoms with Gasteiger partial charge in [0.2, 0.25) is 0 Å². The van der Waals surface area contributed by atoms with Crippen LogP contribution in [0.2, 0.25) is 0 Å². The lowest BCUT2D eigenvalue weighted by atomic mass is 10.1. The summed E-state index contributed by atoms with van der Waals surface area (Å²) in [5.41, 5.74) is 6.56. The van der Waals surface area contributed by atoms with Gasteiger partial charge in [-0.1, -0.05) is 12.1 Å². The molecule has 0 aliphatic heterocycles. The Morgan fingerprint density at radius 3 is 2.75 bits per heavy atom. The van der Waals surface area contributed by atoms with Gasteiger partial charge in [-0.25, -0.2) is 4.98 Å². The van der Waals surface area contributed by atoms with Crippen molar-refractivity contribution < 1.29 is 0 Å². The fourth-order valence-electron chi connectivity index (χ4n) is 3.40. The molecule has 138 valence electrons. The van der Waals surface area contributed by atoms with Crippen LogP contribution in [0.4, 0.5) is 0 Å². The molecule has 0 bridgehead atoms. The Bertz CT molecular complexity index is 1250. The molecule has 4 heterocycles. The lowest BCUT2D eigenvalue weighted by molar-refractivity contribution is 0.402. The van der Waals surface area contributed by atoms with Crippen LogP contribution in [0.25, 0.3) is 44.7 Å². The number of aromatic amines is 2. The Hall–Kier alpha value is -3.58. The number of hydrogen-bond acceptors (Lipinski definition) is 5.